The van der Waals surface area contributed by atoms with Gasteiger partial charge in [-0.25, -0.2) is 4.98 Å². The number of thiophene rings is 1. The van der Waals surface area contributed by atoms with Crippen LogP contribution in [-0.2, 0) is 6.54 Å². The molecule has 0 fully saturated rings. The number of imidazole rings is 1. The SMILES string of the molecule is CCCOc1cccc2c1nc(N)n2Cc1sccc1Br. The van der Waals surface area contributed by atoms with E-state index in [0.717, 1.165) is 27.7 Å². The van der Waals surface area contributed by atoms with Crippen molar-refractivity contribution < 1.29 is 4.74 Å². The fourth-order valence-electron chi connectivity index (χ4n) is 2.22. The maximum absolute atomic E-state index is 6.10. The van der Waals surface area contributed by atoms with Crippen molar-refractivity contribution in [2.24, 2.45) is 0 Å². The molecule has 0 aliphatic carbocycles. The molecule has 3 rings (SSSR count). The van der Waals surface area contributed by atoms with E-state index in [-0.39, 0.29) is 0 Å². The van der Waals surface area contributed by atoms with E-state index in [1.807, 2.05) is 28.8 Å². The number of halogens is 1. The van der Waals surface area contributed by atoms with E-state index >= 15 is 0 Å². The van der Waals surface area contributed by atoms with Gasteiger partial charge in [-0.2, -0.15) is 0 Å². The number of nitrogens with zero attached hydrogens (tertiary/aromatic N) is 2. The van der Waals surface area contributed by atoms with Crippen molar-refractivity contribution in [3.8, 4) is 5.75 Å². The van der Waals surface area contributed by atoms with E-state index in [1.54, 1.807) is 11.3 Å². The number of para-hydroxylation sites is 1. The molecule has 6 heteroatoms. The lowest BCUT2D eigenvalue weighted by molar-refractivity contribution is 0.320. The molecule has 0 saturated carbocycles. The molecular weight excluding hydrogens is 350 g/mol. The van der Waals surface area contributed by atoms with E-state index < -0.39 is 0 Å². The van der Waals surface area contributed by atoms with Crippen molar-refractivity contribution in [2.75, 3.05) is 12.3 Å². The molecule has 0 atom stereocenters. The van der Waals surface area contributed by atoms with Gasteiger partial charge in [-0.3, -0.25) is 0 Å². The Morgan fingerprint density at radius 1 is 1.38 bits per heavy atom. The molecule has 3 aromatic rings. The fourth-order valence-corrected chi connectivity index (χ4v) is 3.68. The molecule has 0 radical (unpaired) electrons. The molecule has 0 aliphatic heterocycles. The van der Waals surface area contributed by atoms with E-state index in [4.69, 9.17) is 10.5 Å². The number of hydrogen-bond acceptors (Lipinski definition) is 4. The second-order valence-electron chi connectivity index (χ2n) is 4.72. The highest BCUT2D eigenvalue weighted by Crippen LogP contribution is 2.30. The summed E-state index contributed by atoms with van der Waals surface area (Å²) in [4.78, 5) is 5.70. The number of anilines is 1. The van der Waals surface area contributed by atoms with Crippen LogP contribution in [-0.4, -0.2) is 16.2 Å². The Morgan fingerprint density at radius 3 is 2.95 bits per heavy atom. The molecule has 0 amide bonds. The van der Waals surface area contributed by atoms with Crippen LogP contribution in [0.2, 0.25) is 0 Å². The number of aromatic nitrogens is 2. The van der Waals surface area contributed by atoms with Gasteiger partial charge < -0.3 is 15.0 Å². The Balaban J connectivity index is 2.03. The van der Waals surface area contributed by atoms with E-state index in [1.165, 1.54) is 4.88 Å². The molecule has 0 bridgehead atoms. The Labute approximate surface area is 135 Å². The highest BCUT2D eigenvalue weighted by atomic mass is 79.9. The Hall–Kier alpha value is -1.53. The summed E-state index contributed by atoms with van der Waals surface area (Å²) in [6, 6.07) is 7.99. The molecule has 0 spiro atoms. The summed E-state index contributed by atoms with van der Waals surface area (Å²) in [7, 11) is 0. The topological polar surface area (TPSA) is 53.1 Å². The van der Waals surface area contributed by atoms with Crippen LogP contribution in [0, 0.1) is 0 Å². The monoisotopic (exact) mass is 365 g/mol. The third kappa shape index (κ3) is 2.78. The molecule has 2 N–H and O–H groups in total. The zero-order valence-corrected chi connectivity index (χ0v) is 14.1. The Morgan fingerprint density at radius 2 is 2.24 bits per heavy atom. The Kier molecular flexibility index (Phi) is 4.17. The number of benzene rings is 1. The van der Waals surface area contributed by atoms with Crippen LogP contribution in [0.15, 0.2) is 34.1 Å². The second-order valence-corrected chi connectivity index (χ2v) is 6.58. The van der Waals surface area contributed by atoms with Crippen LogP contribution in [0.25, 0.3) is 11.0 Å². The zero-order valence-electron chi connectivity index (χ0n) is 11.7. The predicted molar refractivity (Wildman–Crippen MR) is 91.1 cm³/mol. The van der Waals surface area contributed by atoms with Gasteiger partial charge in [0.15, 0.2) is 0 Å². The van der Waals surface area contributed by atoms with Gasteiger partial charge >= 0.3 is 0 Å². The summed E-state index contributed by atoms with van der Waals surface area (Å²) in [5.41, 5.74) is 7.93. The summed E-state index contributed by atoms with van der Waals surface area (Å²) in [5.74, 6) is 1.31. The summed E-state index contributed by atoms with van der Waals surface area (Å²) in [6.45, 7) is 3.47. The van der Waals surface area contributed by atoms with Crippen molar-refractivity contribution in [1.29, 1.82) is 0 Å². The largest absolute Gasteiger partial charge is 0.491 e. The quantitative estimate of drug-likeness (QED) is 0.733. The summed E-state index contributed by atoms with van der Waals surface area (Å²) in [6.07, 6.45) is 0.967. The predicted octanol–water partition coefficient (Wildman–Crippen LogP) is 4.28. The summed E-state index contributed by atoms with van der Waals surface area (Å²) < 4.78 is 8.88. The number of nitrogen functional groups attached to an aromatic ring is 1. The van der Waals surface area contributed by atoms with Gasteiger partial charge in [0.25, 0.3) is 0 Å². The molecule has 110 valence electrons. The number of nitrogens with two attached hydrogens (primary N) is 1. The highest BCUT2D eigenvalue weighted by molar-refractivity contribution is 9.10. The first-order valence-corrected chi connectivity index (χ1v) is 8.47. The van der Waals surface area contributed by atoms with Gasteiger partial charge in [0, 0.05) is 9.35 Å². The maximum atomic E-state index is 6.10. The van der Waals surface area contributed by atoms with Gasteiger partial charge in [0.1, 0.15) is 11.3 Å². The van der Waals surface area contributed by atoms with Crippen LogP contribution in [0.1, 0.15) is 18.2 Å². The number of ether oxygens (including phenoxy) is 1. The molecule has 0 saturated heterocycles. The molecule has 0 aliphatic rings. The van der Waals surface area contributed by atoms with Gasteiger partial charge in [0.05, 0.1) is 18.7 Å². The van der Waals surface area contributed by atoms with E-state index in [2.05, 4.69) is 33.2 Å². The summed E-state index contributed by atoms with van der Waals surface area (Å²) in [5, 5.41) is 2.06. The third-order valence-electron chi connectivity index (χ3n) is 3.23. The number of fused-ring (bicyclic) bond motifs is 1. The molecule has 1 aromatic carbocycles. The number of hydrogen-bond donors (Lipinski definition) is 1. The minimum atomic E-state index is 0.512. The van der Waals surface area contributed by atoms with Gasteiger partial charge in [-0.05, 0) is 45.9 Å². The standard InChI is InChI=1S/C15H16BrN3OS/c1-2-7-20-12-5-3-4-11-14(12)18-15(17)19(11)9-13-10(16)6-8-21-13/h3-6,8H,2,7,9H2,1H3,(H2,17,18). The third-order valence-corrected chi connectivity index (χ3v) is 5.14. The van der Waals surface area contributed by atoms with Gasteiger partial charge in [-0.15, -0.1) is 11.3 Å². The lowest BCUT2D eigenvalue weighted by Gasteiger charge is -2.07. The maximum Gasteiger partial charge on any atom is 0.201 e. The van der Waals surface area contributed by atoms with E-state index in [9.17, 15) is 0 Å². The fraction of sp³-hybridized carbons (Fsp3) is 0.267. The van der Waals surface area contributed by atoms with Crippen molar-refractivity contribution in [1.82, 2.24) is 9.55 Å². The minimum absolute atomic E-state index is 0.512. The first-order chi connectivity index (χ1) is 10.2. The van der Waals surface area contributed by atoms with Crippen molar-refractivity contribution in [3.05, 3.63) is 39.0 Å². The normalized spacial score (nSPS) is 11.1. The van der Waals surface area contributed by atoms with Crippen LogP contribution in [0.3, 0.4) is 0 Å². The molecular formula is C15H16BrN3OS. The van der Waals surface area contributed by atoms with Crippen molar-refractivity contribution in [2.45, 2.75) is 19.9 Å². The van der Waals surface area contributed by atoms with Crippen LogP contribution in [0.4, 0.5) is 5.95 Å². The lowest BCUT2D eigenvalue weighted by Crippen LogP contribution is -2.03. The first kappa shape index (κ1) is 14.4. The smallest absolute Gasteiger partial charge is 0.201 e. The minimum Gasteiger partial charge on any atom is -0.491 e. The molecule has 2 heterocycles. The highest BCUT2D eigenvalue weighted by Gasteiger charge is 2.14. The average molecular weight is 366 g/mol. The lowest BCUT2D eigenvalue weighted by atomic mass is 10.3. The van der Waals surface area contributed by atoms with Crippen LogP contribution < -0.4 is 10.5 Å². The second kappa shape index (κ2) is 6.07. The zero-order chi connectivity index (χ0) is 14.8. The Bertz CT molecular complexity index is 765. The first-order valence-electron chi connectivity index (χ1n) is 6.80. The molecule has 2 aromatic heterocycles. The van der Waals surface area contributed by atoms with E-state index in [0.29, 0.717) is 19.1 Å². The van der Waals surface area contributed by atoms with Crippen molar-refractivity contribution >= 4 is 44.2 Å². The number of rotatable bonds is 5. The average Bonchev–Trinajstić information content (AvgIpc) is 3.02. The summed E-state index contributed by atoms with van der Waals surface area (Å²) >= 11 is 5.26. The van der Waals surface area contributed by atoms with Gasteiger partial charge in [-0.1, -0.05) is 13.0 Å². The molecule has 4 nitrogen and oxygen atoms in total. The van der Waals surface area contributed by atoms with Crippen molar-refractivity contribution in [3.63, 3.8) is 0 Å². The van der Waals surface area contributed by atoms with Gasteiger partial charge in [0.2, 0.25) is 5.95 Å². The van der Waals surface area contributed by atoms with Crippen LogP contribution >= 0.6 is 27.3 Å². The van der Waals surface area contributed by atoms with Crippen LogP contribution in [0.5, 0.6) is 5.75 Å². The molecule has 21 heavy (non-hydrogen) atoms. The molecule has 0 unspecified atom stereocenters.